The molecule has 1 fully saturated rings. The Balaban J connectivity index is 1.89. The van der Waals surface area contributed by atoms with Crippen LogP contribution >= 0.6 is 0 Å². The monoisotopic (exact) mass is 272 g/mol. The molecule has 2 rings (SSSR count). The van der Waals surface area contributed by atoms with Crippen molar-refractivity contribution >= 4 is 17.7 Å². The molecule has 1 aromatic carbocycles. The van der Waals surface area contributed by atoms with Crippen molar-refractivity contribution in [3.63, 3.8) is 0 Å². The average Bonchev–Trinajstić information content (AvgIpc) is 2.69. The average molecular weight is 272 g/mol. The predicted molar refractivity (Wildman–Crippen MR) is 84.3 cm³/mol. The summed E-state index contributed by atoms with van der Waals surface area (Å²) in [6.45, 7) is 1.97. The van der Waals surface area contributed by atoms with Gasteiger partial charge in [0.1, 0.15) is 0 Å². The van der Waals surface area contributed by atoms with Gasteiger partial charge in [0.25, 0.3) is 0 Å². The van der Waals surface area contributed by atoms with Crippen molar-refractivity contribution < 1.29 is 4.79 Å². The summed E-state index contributed by atoms with van der Waals surface area (Å²) in [4.78, 5) is 11.9. The molecule has 3 heteroatoms. The molecule has 108 valence electrons. The van der Waals surface area contributed by atoms with Crippen LogP contribution in [0.25, 0.3) is 6.08 Å². The molecular formula is C17H24N2O. The molecule has 1 aliphatic carbocycles. The number of aryl methyl sites for hydroxylation is 1. The second-order valence-corrected chi connectivity index (χ2v) is 5.65. The molecule has 0 heterocycles. The highest BCUT2D eigenvalue weighted by Crippen LogP contribution is 2.17. The van der Waals surface area contributed by atoms with Gasteiger partial charge in [-0.1, -0.05) is 37.8 Å². The van der Waals surface area contributed by atoms with Gasteiger partial charge >= 0.3 is 0 Å². The largest absolute Gasteiger partial charge is 0.398 e. The fraction of sp³-hybridized carbons (Fsp3) is 0.471. The Morgan fingerprint density at radius 3 is 2.60 bits per heavy atom. The molecule has 3 nitrogen and oxygen atoms in total. The zero-order valence-corrected chi connectivity index (χ0v) is 12.2. The molecular weight excluding hydrogens is 248 g/mol. The van der Waals surface area contributed by atoms with Gasteiger partial charge < -0.3 is 11.1 Å². The van der Waals surface area contributed by atoms with Gasteiger partial charge in [0.2, 0.25) is 5.91 Å². The molecule has 1 aliphatic rings. The molecule has 1 saturated carbocycles. The normalized spacial score (nSPS) is 17.1. The Bertz CT molecular complexity index is 486. The summed E-state index contributed by atoms with van der Waals surface area (Å²) in [7, 11) is 0. The third-order valence-electron chi connectivity index (χ3n) is 3.93. The Labute approximate surface area is 121 Å². The first-order chi connectivity index (χ1) is 9.65. The summed E-state index contributed by atoms with van der Waals surface area (Å²) in [5, 5.41) is 3.10. The van der Waals surface area contributed by atoms with Gasteiger partial charge in [0.05, 0.1) is 0 Å². The van der Waals surface area contributed by atoms with Crippen LogP contribution < -0.4 is 11.1 Å². The lowest BCUT2D eigenvalue weighted by Crippen LogP contribution is -2.33. The van der Waals surface area contributed by atoms with Gasteiger partial charge in [-0.15, -0.1) is 0 Å². The van der Waals surface area contributed by atoms with Crippen molar-refractivity contribution in [3.8, 4) is 0 Å². The highest BCUT2D eigenvalue weighted by molar-refractivity contribution is 5.92. The van der Waals surface area contributed by atoms with E-state index in [-0.39, 0.29) is 5.91 Å². The van der Waals surface area contributed by atoms with Crippen LogP contribution in [0, 0.1) is 6.92 Å². The number of benzene rings is 1. The summed E-state index contributed by atoms with van der Waals surface area (Å²) in [5.41, 5.74) is 8.64. The van der Waals surface area contributed by atoms with Crippen LogP contribution in [0.15, 0.2) is 24.3 Å². The van der Waals surface area contributed by atoms with Crippen molar-refractivity contribution in [2.45, 2.75) is 51.5 Å². The number of nitrogens with two attached hydrogens (primary N) is 1. The first-order valence-corrected chi connectivity index (χ1v) is 7.50. The molecule has 1 aromatic rings. The number of nitrogens with one attached hydrogen (secondary N) is 1. The van der Waals surface area contributed by atoms with E-state index in [0.717, 1.165) is 29.7 Å². The maximum absolute atomic E-state index is 11.9. The summed E-state index contributed by atoms with van der Waals surface area (Å²) in [6.07, 6.45) is 10.7. The molecule has 0 spiro atoms. The quantitative estimate of drug-likeness (QED) is 0.503. The van der Waals surface area contributed by atoms with E-state index >= 15 is 0 Å². The van der Waals surface area contributed by atoms with E-state index in [9.17, 15) is 4.79 Å². The van der Waals surface area contributed by atoms with Crippen LogP contribution in [0.4, 0.5) is 5.69 Å². The maximum Gasteiger partial charge on any atom is 0.244 e. The second kappa shape index (κ2) is 7.13. The number of nitrogen functional groups attached to an aromatic ring is 1. The smallest absolute Gasteiger partial charge is 0.244 e. The summed E-state index contributed by atoms with van der Waals surface area (Å²) in [5.74, 6) is -0.00366. The van der Waals surface area contributed by atoms with Crippen molar-refractivity contribution in [1.82, 2.24) is 5.32 Å². The number of carbonyl (C=O) groups is 1. The molecule has 0 aromatic heterocycles. The fourth-order valence-electron chi connectivity index (χ4n) is 2.61. The lowest BCUT2D eigenvalue weighted by molar-refractivity contribution is -0.117. The molecule has 0 bridgehead atoms. The lowest BCUT2D eigenvalue weighted by atomic mass is 10.1. The molecule has 0 saturated heterocycles. The Morgan fingerprint density at radius 1 is 1.25 bits per heavy atom. The van der Waals surface area contributed by atoms with Crippen molar-refractivity contribution in [2.75, 3.05) is 5.73 Å². The fourth-order valence-corrected chi connectivity index (χ4v) is 2.61. The van der Waals surface area contributed by atoms with E-state index in [1.807, 2.05) is 31.2 Å². The highest BCUT2D eigenvalue weighted by atomic mass is 16.1. The first-order valence-electron chi connectivity index (χ1n) is 7.50. The van der Waals surface area contributed by atoms with E-state index in [1.165, 1.54) is 25.7 Å². The zero-order chi connectivity index (χ0) is 14.4. The van der Waals surface area contributed by atoms with Gasteiger partial charge in [0.15, 0.2) is 0 Å². The third-order valence-corrected chi connectivity index (χ3v) is 3.93. The highest BCUT2D eigenvalue weighted by Gasteiger charge is 2.13. The Kier molecular flexibility index (Phi) is 5.22. The van der Waals surface area contributed by atoms with Crippen LogP contribution in [0.3, 0.4) is 0 Å². The minimum absolute atomic E-state index is 0.00366. The summed E-state index contributed by atoms with van der Waals surface area (Å²) < 4.78 is 0. The number of carbonyl (C=O) groups excluding carboxylic acids is 1. The molecule has 0 atom stereocenters. The summed E-state index contributed by atoms with van der Waals surface area (Å²) in [6, 6.07) is 6.18. The molecule has 3 N–H and O–H groups in total. The van der Waals surface area contributed by atoms with E-state index in [4.69, 9.17) is 5.73 Å². The van der Waals surface area contributed by atoms with Gasteiger partial charge in [-0.05, 0) is 43.0 Å². The lowest BCUT2D eigenvalue weighted by Gasteiger charge is -2.14. The zero-order valence-electron chi connectivity index (χ0n) is 12.2. The number of anilines is 1. The van der Waals surface area contributed by atoms with E-state index < -0.39 is 0 Å². The molecule has 0 unspecified atom stereocenters. The van der Waals surface area contributed by atoms with Crippen LogP contribution in [0.1, 0.15) is 49.7 Å². The predicted octanol–water partition coefficient (Wildman–Crippen LogP) is 3.43. The van der Waals surface area contributed by atoms with Gasteiger partial charge in [-0.25, -0.2) is 0 Å². The standard InChI is InChI=1S/C17H24N2O/c1-13-8-9-14(12-16(13)18)10-11-17(20)19-15-6-4-2-3-5-7-15/h8-12,15H,2-7,18H2,1H3,(H,19,20)/b11-10+. The second-order valence-electron chi connectivity index (χ2n) is 5.65. The van der Waals surface area contributed by atoms with Gasteiger partial charge in [-0.3, -0.25) is 4.79 Å². The van der Waals surface area contributed by atoms with Gasteiger partial charge in [-0.2, -0.15) is 0 Å². The molecule has 0 radical (unpaired) electrons. The van der Waals surface area contributed by atoms with Crippen molar-refractivity contribution in [3.05, 3.63) is 35.4 Å². The number of rotatable bonds is 3. The molecule has 20 heavy (non-hydrogen) atoms. The topological polar surface area (TPSA) is 55.1 Å². The third kappa shape index (κ3) is 4.41. The van der Waals surface area contributed by atoms with E-state index in [0.29, 0.717) is 6.04 Å². The van der Waals surface area contributed by atoms with Crippen LogP contribution in [0.2, 0.25) is 0 Å². The first kappa shape index (κ1) is 14.6. The van der Waals surface area contributed by atoms with Crippen LogP contribution in [-0.2, 0) is 4.79 Å². The summed E-state index contributed by atoms with van der Waals surface area (Å²) >= 11 is 0. The minimum Gasteiger partial charge on any atom is -0.398 e. The Morgan fingerprint density at radius 2 is 1.95 bits per heavy atom. The SMILES string of the molecule is Cc1ccc(/C=C/C(=O)NC2CCCCCC2)cc1N. The van der Waals surface area contributed by atoms with E-state index in [1.54, 1.807) is 6.08 Å². The van der Waals surface area contributed by atoms with Gasteiger partial charge in [0, 0.05) is 17.8 Å². The minimum atomic E-state index is -0.00366. The van der Waals surface area contributed by atoms with Crippen molar-refractivity contribution in [1.29, 1.82) is 0 Å². The maximum atomic E-state index is 11.9. The van der Waals surface area contributed by atoms with Crippen LogP contribution in [0.5, 0.6) is 0 Å². The Hall–Kier alpha value is -1.77. The number of amides is 1. The molecule has 1 amide bonds. The number of hydrogen-bond donors (Lipinski definition) is 2. The van der Waals surface area contributed by atoms with E-state index in [2.05, 4.69) is 5.32 Å². The van der Waals surface area contributed by atoms with Crippen LogP contribution in [-0.4, -0.2) is 11.9 Å². The number of hydrogen-bond acceptors (Lipinski definition) is 2. The van der Waals surface area contributed by atoms with Crippen molar-refractivity contribution in [2.24, 2.45) is 0 Å². The molecule has 0 aliphatic heterocycles.